The molecule has 4 rings (SSSR count). The minimum Gasteiger partial charge on any atom is -0.486 e. The van der Waals surface area contributed by atoms with Gasteiger partial charge in [-0.05, 0) is 18.1 Å². The van der Waals surface area contributed by atoms with Crippen LogP contribution in [0.5, 0.6) is 11.5 Å². The number of rotatable bonds is 4. The lowest BCUT2D eigenvalue weighted by Gasteiger charge is -2.17. The number of nitrogens with zero attached hydrogens (tertiary/aromatic N) is 2. The van der Waals surface area contributed by atoms with Crippen molar-refractivity contribution in [1.82, 2.24) is 9.97 Å². The lowest BCUT2D eigenvalue weighted by molar-refractivity contribution is -0.116. The van der Waals surface area contributed by atoms with Gasteiger partial charge in [0.15, 0.2) is 16.6 Å². The average molecular weight is 341 g/mol. The van der Waals surface area contributed by atoms with Crippen LogP contribution >= 0.6 is 11.3 Å². The molecule has 0 saturated carbocycles. The Balaban J connectivity index is 1.45. The smallest absolute Gasteiger partial charge is 0.226 e. The van der Waals surface area contributed by atoms with Crippen molar-refractivity contribution in [3.8, 4) is 11.5 Å². The second-order valence-electron chi connectivity index (χ2n) is 5.39. The Morgan fingerprint density at radius 2 is 2.08 bits per heavy atom. The van der Waals surface area contributed by atoms with Crippen LogP contribution in [0.3, 0.4) is 0 Å². The maximum absolute atomic E-state index is 12.1. The van der Waals surface area contributed by atoms with Gasteiger partial charge in [0, 0.05) is 30.9 Å². The first-order valence-electron chi connectivity index (χ1n) is 7.67. The van der Waals surface area contributed by atoms with E-state index in [-0.39, 0.29) is 5.91 Å². The number of pyridine rings is 1. The van der Waals surface area contributed by atoms with Crippen molar-refractivity contribution in [3.63, 3.8) is 0 Å². The Bertz CT molecular complexity index is 836. The van der Waals surface area contributed by atoms with E-state index in [0.29, 0.717) is 36.9 Å². The summed E-state index contributed by atoms with van der Waals surface area (Å²) < 4.78 is 12.1. The predicted octanol–water partition coefficient (Wildman–Crippen LogP) is 3.03. The molecule has 1 amide bonds. The summed E-state index contributed by atoms with van der Waals surface area (Å²) in [6.45, 7) is 1.09. The van der Waals surface area contributed by atoms with Crippen LogP contribution in [0.25, 0.3) is 10.2 Å². The van der Waals surface area contributed by atoms with Crippen LogP contribution in [0.1, 0.15) is 12.0 Å². The van der Waals surface area contributed by atoms with Crippen LogP contribution in [0, 0.1) is 0 Å². The predicted molar refractivity (Wildman–Crippen MR) is 91.8 cm³/mol. The van der Waals surface area contributed by atoms with Crippen LogP contribution in [0.15, 0.2) is 36.7 Å². The second kappa shape index (κ2) is 6.45. The van der Waals surface area contributed by atoms with E-state index in [4.69, 9.17) is 9.47 Å². The van der Waals surface area contributed by atoms with Crippen molar-refractivity contribution in [1.29, 1.82) is 0 Å². The summed E-state index contributed by atoms with van der Waals surface area (Å²) in [7, 11) is 0. The minimum absolute atomic E-state index is 0.0600. The molecule has 0 unspecified atom stereocenters. The van der Waals surface area contributed by atoms with Crippen LogP contribution in [0.2, 0.25) is 0 Å². The molecule has 1 aliphatic heterocycles. The van der Waals surface area contributed by atoms with E-state index in [0.717, 1.165) is 21.5 Å². The normalized spacial score (nSPS) is 13.0. The van der Waals surface area contributed by atoms with Gasteiger partial charge in [0.2, 0.25) is 5.91 Å². The fourth-order valence-corrected chi connectivity index (χ4v) is 3.40. The summed E-state index contributed by atoms with van der Waals surface area (Å²) in [5, 5.41) is 3.45. The number of carbonyl (C=O) groups excluding carboxylic acids is 1. The third-order valence-electron chi connectivity index (χ3n) is 3.66. The van der Waals surface area contributed by atoms with Crippen molar-refractivity contribution >= 4 is 32.6 Å². The maximum atomic E-state index is 12.1. The first-order valence-corrected chi connectivity index (χ1v) is 8.48. The molecule has 0 spiro atoms. The van der Waals surface area contributed by atoms with Gasteiger partial charge in [-0.15, -0.1) is 0 Å². The number of thiazole rings is 1. The molecule has 0 saturated heterocycles. The third kappa shape index (κ3) is 3.16. The Labute approximate surface area is 142 Å². The summed E-state index contributed by atoms with van der Waals surface area (Å²) in [5.74, 6) is 1.37. The number of nitrogens with one attached hydrogen (secondary N) is 1. The molecule has 0 radical (unpaired) electrons. The number of amides is 1. The number of ether oxygens (including phenoxy) is 2. The second-order valence-corrected chi connectivity index (χ2v) is 6.42. The van der Waals surface area contributed by atoms with Gasteiger partial charge in [0.05, 0.1) is 10.2 Å². The number of carbonyl (C=O) groups is 1. The van der Waals surface area contributed by atoms with Crippen molar-refractivity contribution in [2.75, 3.05) is 18.5 Å². The molecule has 0 fully saturated rings. The maximum Gasteiger partial charge on any atom is 0.226 e. The molecule has 1 aromatic carbocycles. The van der Waals surface area contributed by atoms with Gasteiger partial charge in [-0.1, -0.05) is 17.4 Å². The molecule has 2 aromatic heterocycles. The van der Waals surface area contributed by atoms with E-state index in [1.165, 1.54) is 11.3 Å². The quantitative estimate of drug-likeness (QED) is 0.789. The van der Waals surface area contributed by atoms with Gasteiger partial charge in [0.1, 0.15) is 13.2 Å². The standard InChI is InChI=1S/C17H15N3O3S/c21-16(4-3-11-2-1-5-18-10-11)20-17-19-12-8-13-14(9-15(12)24-17)23-7-6-22-13/h1-2,5,8-10H,3-4,6-7H2,(H,19,20,21). The average Bonchev–Trinajstić information content (AvgIpc) is 2.99. The number of anilines is 1. The molecule has 0 bridgehead atoms. The first kappa shape index (κ1) is 14.9. The van der Waals surface area contributed by atoms with Crippen LogP contribution in [0.4, 0.5) is 5.13 Å². The molecule has 0 atom stereocenters. The summed E-state index contributed by atoms with van der Waals surface area (Å²) >= 11 is 1.43. The van der Waals surface area contributed by atoms with Gasteiger partial charge in [-0.3, -0.25) is 9.78 Å². The number of aromatic nitrogens is 2. The van der Waals surface area contributed by atoms with Gasteiger partial charge in [-0.25, -0.2) is 4.98 Å². The molecule has 7 heteroatoms. The van der Waals surface area contributed by atoms with Gasteiger partial charge in [0.25, 0.3) is 0 Å². The Morgan fingerprint density at radius 3 is 2.88 bits per heavy atom. The Morgan fingerprint density at radius 1 is 1.25 bits per heavy atom. The molecular formula is C17H15N3O3S. The van der Waals surface area contributed by atoms with Crippen LogP contribution in [-0.4, -0.2) is 29.1 Å². The summed E-state index contributed by atoms with van der Waals surface area (Å²) in [4.78, 5) is 20.6. The van der Waals surface area contributed by atoms with Crippen molar-refractivity contribution in [2.45, 2.75) is 12.8 Å². The molecule has 1 N–H and O–H groups in total. The van der Waals surface area contributed by atoms with Crippen molar-refractivity contribution in [2.24, 2.45) is 0 Å². The fourth-order valence-electron chi connectivity index (χ4n) is 2.50. The van der Waals surface area contributed by atoms with Gasteiger partial charge >= 0.3 is 0 Å². The van der Waals surface area contributed by atoms with Crippen molar-refractivity contribution in [3.05, 3.63) is 42.2 Å². The molecule has 0 aliphatic carbocycles. The highest BCUT2D eigenvalue weighted by molar-refractivity contribution is 7.22. The molecule has 3 heterocycles. The molecule has 1 aliphatic rings. The summed E-state index contributed by atoms with van der Waals surface area (Å²) in [6.07, 6.45) is 4.54. The lowest BCUT2D eigenvalue weighted by Crippen LogP contribution is -2.15. The van der Waals surface area contributed by atoms with Gasteiger partial charge in [-0.2, -0.15) is 0 Å². The van der Waals surface area contributed by atoms with E-state index in [1.54, 1.807) is 12.4 Å². The molecule has 122 valence electrons. The fraction of sp³-hybridized carbons (Fsp3) is 0.235. The Kier molecular flexibility index (Phi) is 4.00. The number of benzene rings is 1. The number of hydrogen-bond acceptors (Lipinski definition) is 6. The highest BCUT2D eigenvalue weighted by Crippen LogP contribution is 2.37. The van der Waals surface area contributed by atoms with Gasteiger partial charge < -0.3 is 14.8 Å². The largest absolute Gasteiger partial charge is 0.486 e. The Hall–Kier alpha value is -2.67. The lowest BCUT2D eigenvalue weighted by atomic mass is 10.1. The zero-order valence-electron chi connectivity index (χ0n) is 12.8. The van der Waals surface area contributed by atoms with E-state index in [2.05, 4.69) is 15.3 Å². The van der Waals surface area contributed by atoms with E-state index >= 15 is 0 Å². The molecule has 3 aromatic rings. The van der Waals surface area contributed by atoms with E-state index in [9.17, 15) is 4.79 Å². The highest BCUT2D eigenvalue weighted by Gasteiger charge is 2.16. The SMILES string of the molecule is O=C(CCc1cccnc1)Nc1nc2cc3c(cc2s1)OCCO3. The molecular weight excluding hydrogens is 326 g/mol. The first-order chi connectivity index (χ1) is 11.8. The zero-order valence-corrected chi connectivity index (χ0v) is 13.6. The molecule has 24 heavy (non-hydrogen) atoms. The summed E-state index contributed by atoms with van der Waals surface area (Å²) in [6, 6.07) is 7.59. The monoisotopic (exact) mass is 341 g/mol. The topological polar surface area (TPSA) is 73.3 Å². The summed E-state index contributed by atoms with van der Waals surface area (Å²) in [5.41, 5.74) is 1.84. The zero-order chi connectivity index (χ0) is 16.4. The minimum atomic E-state index is -0.0600. The highest BCUT2D eigenvalue weighted by atomic mass is 32.1. The van der Waals surface area contributed by atoms with E-state index in [1.807, 2.05) is 24.3 Å². The number of hydrogen-bond donors (Lipinski definition) is 1. The number of fused-ring (bicyclic) bond motifs is 2. The van der Waals surface area contributed by atoms with Crippen LogP contribution < -0.4 is 14.8 Å². The number of aryl methyl sites for hydroxylation is 1. The van der Waals surface area contributed by atoms with Crippen molar-refractivity contribution < 1.29 is 14.3 Å². The van der Waals surface area contributed by atoms with Crippen LogP contribution in [-0.2, 0) is 11.2 Å². The third-order valence-corrected chi connectivity index (χ3v) is 4.60. The van der Waals surface area contributed by atoms with E-state index < -0.39 is 0 Å². The molecule has 6 nitrogen and oxygen atoms in total.